The molecule has 537 valence electrons. The van der Waals surface area contributed by atoms with Crippen molar-refractivity contribution >= 4 is 22.2 Å². The van der Waals surface area contributed by atoms with E-state index < -0.39 is 0 Å². The van der Waals surface area contributed by atoms with E-state index in [4.69, 9.17) is 18.8 Å². The minimum absolute atomic E-state index is 0. The predicted molar refractivity (Wildman–Crippen MR) is 421 cm³/mol. The first-order valence-electron chi connectivity index (χ1n) is 34.8. The molecule has 9 heteroatoms. The molecule has 4 aliphatic rings. The number of hydrogen-bond donors (Lipinski definition) is 0. The average Bonchev–Trinajstić information content (AvgIpc) is 0.732. The second-order valence-corrected chi connectivity index (χ2v) is 33.3. The zero-order chi connectivity index (χ0) is 74.7. The smallest absolute Gasteiger partial charge is 0.871 e. The Hall–Kier alpha value is -8.88. The Labute approximate surface area is 616 Å². The molecule has 0 amide bonds. The van der Waals surface area contributed by atoms with Gasteiger partial charge in [-0.05, 0) is 66.6 Å². The van der Waals surface area contributed by atoms with E-state index >= 15 is 0 Å². The van der Waals surface area contributed by atoms with Crippen molar-refractivity contribution < 1.29 is 36.1 Å². The third kappa shape index (κ3) is 24.7. The SMILES string of the molecule is CC(C)(C)c1cc(C(C)(C)C)c(=O)c2nc3c([O-])c(C(C)(C)C)cc(C(C)(C)C)c3oc1-2.CC(C)(C)c1cc(C(C)(C)C)c(=O)c2nc3c([O-])c(C(C)(C)C)cc(C(C)(C)C)c3oc1-2.[Cu+2].c1ccccc1.c1ccccc1.c1ccccc1.c1ccccc1.c1ccccc1.c1ccccc1. The largest absolute Gasteiger partial charge is 2.00 e. The van der Waals surface area contributed by atoms with E-state index in [0.717, 1.165) is 22.3 Å². The maximum atomic E-state index is 13.5. The van der Waals surface area contributed by atoms with Gasteiger partial charge in [0.05, 0.1) is 11.0 Å². The first kappa shape index (κ1) is 84.5. The van der Waals surface area contributed by atoms with Gasteiger partial charge in [-0.25, -0.2) is 9.97 Å². The Balaban J connectivity index is 0.000000284. The van der Waals surface area contributed by atoms with Crippen LogP contribution in [0.15, 0.2) is 261 Å². The van der Waals surface area contributed by atoms with Crippen molar-refractivity contribution in [2.45, 2.75) is 209 Å². The molecule has 0 saturated carbocycles. The number of rotatable bonds is 0. The fourth-order valence-corrected chi connectivity index (χ4v) is 10.5. The summed E-state index contributed by atoms with van der Waals surface area (Å²) in [7, 11) is 0. The summed E-state index contributed by atoms with van der Waals surface area (Å²) >= 11 is 0. The molecular formula is C92H112CuN2O6. The molecule has 8 nitrogen and oxygen atoms in total. The van der Waals surface area contributed by atoms with Crippen molar-refractivity contribution in [1.82, 2.24) is 9.97 Å². The second-order valence-electron chi connectivity index (χ2n) is 33.3. The summed E-state index contributed by atoms with van der Waals surface area (Å²) in [6, 6.07) is 79.9. The van der Waals surface area contributed by atoms with Gasteiger partial charge in [-0.2, -0.15) is 0 Å². The normalized spacial score (nSPS) is 11.6. The molecule has 0 aromatic heterocycles. The van der Waals surface area contributed by atoms with Crippen molar-refractivity contribution in [2.75, 3.05) is 0 Å². The van der Waals surface area contributed by atoms with Crippen LogP contribution < -0.4 is 21.1 Å². The van der Waals surface area contributed by atoms with Crippen molar-refractivity contribution in [2.24, 2.45) is 0 Å². The molecule has 0 fully saturated rings. The van der Waals surface area contributed by atoms with Crippen LogP contribution in [0.3, 0.4) is 0 Å². The minimum atomic E-state index is -0.355. The number of fused-ring (bicyclic) bond motifs is 4. The van der Waals surface area contributed by atoms with Gasteiger partial charge in [0, 0.05) is 33.4 Å². The Morgan fingerprint density at radius 2 is 0.386 bits per heavy atom. The molecule has 0 saturated heterocycles. The molecule has 2 aliphatic heterocycles. The van der Waals surface area contributed by atoms with Crippen molar-refractivity contribution in [3.63, 3.8) is 0 Å². The molecule has 0 spiro atoms. The van der Waals surface area contributed by atoms with Crippen molar-refractivity contribution in [3.05, 3.63) is 308 Å². The first-order chi connectivity index (χ1) is 46.5. The van der Waals surface area contributed by atoms with E-state index in [1.54, 1.807) is 0 Å². The molecule has 0 bridgehead atoms. The van der Waals surface area contributed by atoms with Gasteiger partial charge in [0.15, 0.2) is 34.1 Å². The van der Waals surface area contributed by atoms with E-state index in [1.165, 1.54) is 0 Å². The molecule has 101 heavy (non-hydrogen) atoms. The molecular weight excluding hydrogens is 1290 g/mol. The predicted octanol–water partition coefficient (Wildman–Crippen LogP) is 23.2. The summed E-state index contributed by atoms with van der Waals surface area (Å²) in [6.45, 7) is 49.5. The topological polar surface area (TPSA) is 132 Å². The van der Waals surface area contributed by atoms with Gasteiger partial charge in [0.25, 0.3) is 0 Å². The molecule has 2 aliphatic carbocycles. The third-order valence-corrected chi connectivity index (χ3v) is 16.2. The van der Waals surface area contributed by atoms with Crippen LogP contribution in [0, 0.1) is 0 Å². The zero-order valence-electron chi connectivity index (χ0n) is 64.7. The van der Waals surface area contributed by atoms with Gasteiger partial charge in [-0.15, -0.1) is 0 Å². The molecule has 2 heterocycles. The fourth-order valence-electron chi connectivity index (χ4n) is 10.5. The standard InChI is InChI=1S/2C28H39NO3.6C6H6.Cu/c2*1-25(2,3)15-13-17(27(7,8)9)23-19(21(15)30)29-20-22(31)16(26(4,5)6)14-18(24(20)32-23)28(10,11)12;6*1-2-4-6-5-3-1;/h2*13-14,30H,1-12H3;6*1-6H;/q;;;;;;;;+2/p-2. The van der Waals surface area contributed by atoms with Crippen molar-refractivity contribution in [1.29, 1.82) is 0 Å². The summed E-state index contributed by atoms with van der Waals surface area (Å²) in [5.41, 5.74) is 5.62. The van der Waals surface area contributed by atoms with E-state index in [-0.39, 0.29) is 105 Å². The van der Waals surface area contributed by atoms with Gasteiger partial charge in [-0.1, -0.05) is 408 Å². The Kier molecular flexibility index (Phi) is 30.2. The average molecular weight is 1410 g/mol. The summed E-state index contributed by atoms with van der Waals surface area (Å²) in [6.07, 6.45) is 0. The summed E-state index contributed by atoms with van der Waals surface area (Å²) in [5.74, 6) is 0.640. The second kappa shape index (κ2) is 36.1. The quantitative estimate of drug-likeness (QED) is 0.108. The van der Waals surface area contributed by atoms with Crippen LogP contribution in [-0.4, -0.2) is 9.97 Å². The van der Waals surface area contributed by atoms with Crippen LogP contribution in [0.2, 0.25) is 0 Å². The Morgan fingerprint density at radius 1 is 0.238 bits per heavy atom. The first-order valence-corrected chi connectivity index (χ1v) is 34.8. The van der Waals surface area contributed by atoms with Gasteiger partial charge in [-0.3, -0.25) is 9.59 Å². The molecule has 0 atom stereocenters. The van der Waals surface area contributed by atoms with Crippen LogP contribution in [-0.2, 0) is 60.4 Å². The monoisotopic (exact) mass is 1400 g/mol. The van der Waals surface area contributed by atoms with Crippen LogP contribution in [0.1, 0.15) is 211 Å². The van der Waals surface area contributed by atoms with E-state index in [1.807, 2.05) is 326 Å². The van der Waals surface area contributed by atoms with Crippen LogP contribution in [0.25, 0.3) is 45.1 Å². The van der Waals surface area contributed by atoms with Crippen molar-refractivity contribution in [3.8, 4) is 34.4 Å². The van der Waals surface area contributed by atoms with Crippen LogP contribution in [0.4, 0.5) is 0 Å². The molecule has 12 rings (SSSR count). The molecule has 0 N–H and O–H groups in total. The number of benzene rings is 10. The fraction of sp³-hybridized carbons (Fsp3) is 0.348. The molecule has 0 unspecified atom stereocenters. The minimum Gasteiger partial charge on any atom is -0.871 e. The van der Waals surface area contributed by atoms with E-state index in [0.29, 0.717) is 44.9 Å². The zero-order valence-corrected chi connectivity index (χ0v) is 65.7. The number of nitrogens with zero attached hydrogens (tertiary/aromatic N) is 2. The van der Waals surface area contributed by atoms with E-state index in [9.17, 15) is 19.8 Å². The molecule has 8 aromatic rings. The Morgan fingerprint density at radius 3 is 0.535 bits per heavy atom. The molecule has 1 radical (unpaired) electrons. The number of aromatic nitrogens is 2. The van der Waals surface area contributed by atoms with Crippen LogP contribution >= 0.6 is 0 Å². The molecule has 8 aromatic carbocycles. The van der Waals surface area contributed by atoms with Crippen LogP contribution in [0.5, 0.6) is 11.5 Å². The number of hydrogen-bond acceptors (Lipinski definition) is 8. The summed E-state index contributed by atoms with van der Waals surface area (Å²) < 4.78 is 13.0. The maximum Gasteiger partial charge on any atom is 2.00 e. The summed E-state index contributed by atoms with van der Waals surface area (Å²) in [5, 5.41) is 27.1. The third-order valence-electron chi connectivity index (χ3n) is 16.2. The van der Waals surface area contributed by atoms with Gasteiger partial charge in [0.1, 0.15) is 0 Å². The maximum absolute atomic E-state index is 13.5. The summed E-state index contributed by atoms with van der Waals surface area (Å²) in [4.78, 5) is 36.6. The van der Waals surface area contributed by atoms with Gasteiger partial charge in [0.2, 0.25) is 10.9 Å². The Bertz CT molecular complexity index is 3850. The van der Waals surface area contributed by atoms with Gasteiger partial charge >= 0.3 is 17.1 Å². The van der Waals surface area contributed by atoms with Gasteiger partial charge < -0.3 is 19.0 Å². The van der Waals surface area contributed by atoms with E-state index in [2.05, 4.69) is 83.1 Å².